The molecule has 4 rings (SSSR count). The van der Waals surface area contributed by atoms with Gasteiger partial charge in [0.2, 0.25) is 16.0 Å². The summed E-state index contributed by atoms with van der Waals surface area (Å²) in [6, 6.07) is 8.49. The zero-order valence-electron chi connectivity index (χ0n) is 15.8. The second-order valence-electron chi connectivity index (χ2n) is 6.75. The lowest BCUT2D eigenvalue weighted by Crippen LogP contribution is -2.25. The Bertz CT molecular complexity index is 1090. The number of aryl methyl sites for hydroxylation is 1. The van der Waals surface area contributed by atoms with Crippen LogP contribution in [0, 0.1) is 6.92 Å². The normalized spacial score (nSPS) is 14.2. The highest BCUT2D eigenvalue weighted by atomic mass is 32.2. The van der Waals surface area contributed by atoms with Gasteiger partial charge in [0.25, 0.3) is 0 Å². The Morgan fingerprint density at radius 1 is 1.14 bits per heavy atom. The van der Waals surface area contributed by atoms with Crippen molar-refractivity contribution in [2.75, 3.05) is 5.32 Å². The van der Waals surface area contributed by atoms with Gasteiger partial charge in [-0.1, -0.05) is 0 Å². The zero-order chi connectivity index (χ0) is 19.7. The number of nitrogens with one attached hydrogen (secondary N) is 2. The molecule has 9 heteroatoms. The van der Waals surface area contributed by atoms with E-state index >= 15 is 0 Å². The van der Waals surface area contributed by atoms with Crippen LogP contribution in [0.1, 0.15) is 25.6 Å². The van der Waals surface area contributed by atoms with E-state index in [1.165, 1.54) is 0 Å². The second kappa shape index (κ2) is 7.33. The Morgan fingerprint density at radius 3 is 2.57 bits per heavy atom. The van der Waals surface area contributed by atoms with Crippen molar-refractivity contribution in [1.29, 1.82) is 0 Å². The van der Waals surface area contributed by atoms with Gasteiger partial charge in [0, 0.05) is 24.5 Å². The van der Waals surface area contributed by atoms with E-state index < -0.39 is 10.0 Å². The predicted octanol–water partition coefficient (Wildman–Crippen LogP) is 2.85. The van der Waals surface area contributed by atoms with Crippen LogP contribution in [-0.2, 0) is 16.6 Å². The molecule has 0 saturated heterocycles. The van der Waals surface area contributed by atoms with E-state index in [9.17, 15) is 8.42 Å². The summed E-state index contributed by atoms with van der Waals surface area (Å²) in [5.41, 5.74) is 2.41. The number of sulfonamides is 1. The first kappa shape index (κ1) is 18.6. The first-order valence-electron chi connectivity index (χ1n) is 9.21. The van der Waals surface area contributed by atoms with E-state index in [2.05, 4.69) is 36.5 Å². The quantitative estimate of drug-likeness (QED) is 0.635. The summed E-state index contributed by atoms with van der Waals surface area (Å²) < 4.78 is 29.3. The van der Waals surface area contributed by atoms with Crippen molar-refractivity contribution in [2.24, 2.45) is 0 Å². The van der Waals surface area contributed by atoms with Gasteiger partial charge in [-0.25, -0.2) is 28.1 Å². The average molecular weight is 398 g/mol. The number of nitrogens with zero attached hydrogens (tertiary/aromatic N) is 4. The summed E-state index contributed by atoms with van der Waals surface area (Å²) in [4.78, 5) is 13.4. The van der Waals surface area contributed by atoms with Crippen molar-refractivity contribution in [3.8, 4) is 11.4 Å². The minimum absolute atomic E-state index is 0.0825. The second-order valence-corrected chi connectivity index (χ2v) is 8.46. The van der Waals surface area contributed by atoms with Crippen molar-refractivity contribution in [3.63, 3.8) is 0 Å². The van der Waals surface area contributed by atoms with Gasteiger partial charge in [-0.15, -0.1) is 0 Å². The SMILES string of the molecule is CCn1c(-c2ccnc(Nc3ccc(S(=O)(=O)NC4CC4)cc3)n2)cnc1C. The third kappa shape index (κ3) is 3.90. The molecule has 0 unspecified atom stereocenters. The fourth-order valence-corrected chi connectivity index (χ4v) is 4.27. The van der Waals surface area contributed by atoms with E-state index in [0.717, 1.165) is 36.6 Å². The molecule has 1 aliphatic carbocycles. The maximum absolute atomic E-state index is 12.3. The van der Waals surface area contributed by atoms with Gasteiger partial charge < -0.3 is 9.88 Å². The molecule has 0 spiro atoms. The third-order valence-corrected chi connectivity index (χ3v) is 6.15. The molecule has 0 aliphatic heterocycles. The van der Waals surface area contributed by atoms with Crippen molar-refractivity contribution < 1.29 is 8.42 Å². The van der Waals surface area contributed by atoms with Gasteiger partial charge in [0.15, 0.2) is 0 Å². The fraction of sp³-hybridized carbons (Fsp3) is 0.316. The number of benzene rings is 1. The van der Waals surface area contributed by atoms with Crippen molar-refractivity contribution in [1.82, 2.24) is 24.2 Å². The first-order valence-corrected chi connectivity index (χ1v) is 10.7. The number of imidazole rings is 1. The lowest BCUT2D eigenvalue weighted by molar-refractivity contribution is 0.581. The zero-order valence-corrected chi connectivity index (χ0v) is 16.6. The van der Waals surface area contributed by atoms with Gasteiger partial charge in [0.1, 0.15) is 5.82 Å². The standard InChI is InChI=1S/C19H22N6O2S/c1-3-25-13(2)21-12-18(25)17-10-11-20-19(23-17)22-14-6-8-16(9-7-14)28(26,27)24-15-4-5-15/h6-12,15,24H,3-5H2,1-2H3,(H,20,22,23). The summed E-state index contributed by atoms with van der Waals surface area (Å²) in [5, 5.41) is 3.12. The Morgan fingerprint density at radius 2 is 1.89 bits per heavy atom. The number of anilines is 2. The molecule has 3 aromatic rings. The molecule has 1 fully saturated rings. The Balaban J connectivity index is 1.53. The van der Waals surface area contributed by atoms with Crippen LogP contribution in [0.25, 0.3) is 11.4 Å². The first-order chi connectivity index (χ1) is 13.5. The van der Waals surface area contributed by atoms with Crippen LogP contribution in [0.5, 0.6) is 0 Å². The van der Waals surface area contributed by atoms with Crippen molar-refractivity contribution in [2.45, 2.75) is 44.2 Å². The number of aromatic nitrogens is 4. The highest BCUT2D eigenvalue weighted by Gasteiger charge is 2.27. The summed E-state index contributed by atoms with van der Waals surface area (Å²) >= 11 is 0. The van der Waals surface area contributed by atoms with E-state index in [0.29, 0.717) is 11.6 Å². The molecule has 1 aromatic carbocycles. The smallest absolute Gasteiger partial charge is 0.240 e. The van der Waals surface area contributed by atoms with Gasteiger partial charge in [0.05, 0.1) is 22.5 Å². The lowest BCUT2D eigenvalue weighted by Gasteiger charge is -2.10. The van der Waals surface area contributed by atoms with Gasteiger partial charge in [-0.2, -0.15) is 0 Å². The summed E-state index contributed by atoms with van der Waals surface area (Å²) in [6.07, 6.45) is 5.30. The van der Waals surface area contributed by atoms with Crippen LogP contribution in [-0.4, -0.2) is 34.0 Å². The number of rotatable bonds is 7. The lowest BCUT2D eigenvalue weighted by atomic mass is 10.3. The van der Waals surface area contributed by atoms with Gasteiger partial charge in [-0.3, -0.25) is 0 Å². The van der Waals surface area contributed by atoms with E-state index in [1.54, 1.807) is 36.7 Å². The van der Waals surface area contributed by atoms with Gasteiger partial charge in [-0.05, 0) is 57.0 Å². The molecule has 1 saturated carbocycles. The minimum Gasteiger partial charge on any atom is -0.327 e. The molecular weight excluding hydrogens is 376 g/mol. The molecular formula is C19H22N6O2S. The molecule has 146 valence electrons. The van der Waals surface area contributed by atoms with Crippen LogP contribution in [0.15, 0.2) is 47.6 Å². The molecule has 28 heavy (non-hydrogen) atoms. The highest BCUT2D eigenvalue weighted by Crippen LogP contribution is 2.24. The summed E-state index contributed by atoms with van der Waals surface area (Å²) in [7, 11) is -3.45. The maximum atomic E-state index is 12.3. The van der Waals surface area contributed by atoms with Crippen LogP contribution in [0.3, 0.4) is 0 Å². The molecule has 8 nitrogen and oxygen atoms in total. The number of hydrogen-bond donors (Lipinski definition) is 2. The number of hydrogen-bond acceptors (Lipinski definition) is 6. The fourth-order valence-electron chi connectivity index (χ4n) is 2.97. The summed E-state index contributed by atoms with van der Waals surface area (Å²) in [6.45, 7) is 4.83. The van der Waals surface area contributed by atoms with E-state index in [4.69, 9.17) is 0 Å². The van der Waals surface area contributed by atoms with Crippen LogP contribution in [0.2, 0.25) is 0 Å². The topological polar surface area (TPSA) is 102 Å². The molecule has 1 aliphatic rings. The molecule has 0 amide bonds. The van der Waals surface area contributed by atoms with Crippen molar-refractivity contribution >= 4 is 21.7 Å². The van der Waals surface area contributed by atoms with Crippen molar-refractivity contribution in [3.05, 3.63) is 48.5 Å². The molecule has 0 radical (unpaired) electrons. The van der Waals surface area contributed by atoms with Crippen LogP contribution in [0.4, 0.5) is 11.6 Å². The van der Waals surface area contributed by atoms with Crippen LogP contribution >= 0.6 is 0 Å². The molecule has 2 heterocycles. The third-order valence-electron chi connectivity index (χ3n) is 4.61. The maximum Gasteiger partial charge on any atom is 0.240 e. The molecule has 2 aromatic heterocycles. The molecule has 0 bridgehead atoms. The molecule has 0 atom stereocenters. The Kier molecular flexibility index (Phi) is 4.86. The van der Waals surface area contributed by atoms with Gasteiger partial charge >= 0.3 is 0 Å². The van der Waals surface area contributed by atoms with Crippen LogP contribution < -0.4 is 10.0 Å². The highest BCUT2D eigenvalue weighted by molar-refractivity contribution is 7.89. The summed E-state index contributed by atoms with van der Waals surface area (Å²) in [5.74, 6) is 1.37. The van der Waals surface area contributed by atoms with E-state index in [1.807, 2.05) is 13.0 Å². The monoisotopic (exact) mass is 398 g/mol. The molecule has 2 N–H and O–H groups in total. The average Bonchev–Trinajstić information content (AvgIpc) is 3.40. The Labute approximate surface area is 164 Å². The van der Waals surface area contributed by atoms with E-state index in [-0.39, 0.29) is 10.9 Å². The minimum atomic E-state index is -3.45. The largest absolute Gasteiger partial charge is 0.327 e. The Hall–Kier alpha value is -2.78. The predicted molar refractivity (Wildman–Crippen MR) is 107 cm³/mol.